The van der Waals surface area contributed by atoms with E-state index >= 15 is 0 Å². The summed E-state index contributed by atoms with van der Waals surface area (Å²) in [4.78, 5) is 14.4. The molecule has 0 fully saturated rings. The number of carboxylic acid groups (broad SMARTS) is 1. The maximum absolute atomic E-state index is 10.4. The minimum atomic E-state index is -1.09. The number of fused-ring (bicyclic) bond motifs is 1. The third-order valence-corrected chi connectivity index (χ3v) is 1.82. The van der Waals surface area contributed by atoms with Gasteiger partial charge in [0.15, 0.2) is 0 Å². The Bertz CT molecular complexity index is 453. The lowest BCUT2D eigenvalue weighted by atomic mass is 10.3. The summed E-state index contributed by atoms with van der Waals surface area (Å²) in [5.41, 5.74) is 1.38. The SMILES string of the molecule is Cl.O=C([O-])Cc1cnc2ccccn12. The van der Waals surface area contributed by atoms with Crippen molar-refractivity contribution in [1.29, 1.82) is 0 Å². The van der Waals surface area contributed by atoms with Crippen molar-refractivity contribution in [2.45, 2.75) is 6.42 Å². The molecular weight excluding hydrogens is 204 g/mol. The fourth-order valence-corrected chi connectivity index (χ4v) is 1.26. The van der Waals surface area contributed by atoms with Crippen LogP contribution in [0.5, 0.6) is 0 Å². The molecule has 2 heterocycles. The number of halogens is 1. The summed E-state index contributed by atoms with van der Waals surface area (Å²) in [5, 5.41) is 10.4. The van der Waals surface area contributed by atoms with Gasteiger partial charge in [-0.25, -0.2) is 4.98 Å². The van der Waals surface area contributed by atoms with E-state index in [-0.39, 0.29) is 18.8 Å². The van der Waals surface area contributed by atoms with Crippen LogP contribution in [0.25, 0.3) is 5.65 Å². The number of carbonyl (C=O) groups is 1. The zero-order chi connectivity index (χ0) is 9.26. The van der Waals surface area contributed by atoms with Crippen LogP contribution in [-0.2, 0) is 11.2 Å². The number of aliphatic carboxylic acids is 1. The second-order valence-corrected chi connectivity index (χ2v) is 2.73. The Balaban J connectivity index is 0.000000980. The van der Waals surface area contributed by atoms with Crippen molar-refractivity contribution in [2.24, 2.45) is 0 Å². The van der Waals surface area contributed by atoms with Gasteiger partial charge >= 0.3 is 0 Å². The van der Waals surface area contributed by atoms with Crippen molar-refractivity contribution in [1.82, 2.24) is 9.38 Å². The van der Waals surface area contributed by atoms with Crippen LogP contribution in [0.1, 0.15) is 5.69 Å². The number of carboxylic acids is 1. The van der Waals surface area contributed by atoms with E-state index in [1.165, 1.54) is 0 Å². The summed E-state index contributed by atoms with van der Waals surface area (Å²) in [6.45, 7) is 0. The number of rotatable bonds is 2. The van der Waals surface area contributed by atoms with Crippen molar-refractivity contribution < 1.29 is 9.90 Å². The first-order valence-electron chi connectivity index (χ1n) is 3.88. The molecule has 0 N–H and O–H groups in total. The molecule has 0 aliphatic carbocycles. The first-order chi connectivity index (χ1) is 6.27. The summed E-state index contributed by atoms with van der Waals surface area (Å²) < 4.78 is 1.73. The molecule has 0 amide bonds. The van der Waals surface area contributed by atoms with E-state index in [0.29, 0.717) is 5.69 Å². The second kappa shape index (κ2) is 4.11. The van der Waals surface area contributed by atoms with E-state index in [0.717, 1.165) is 5.65 Å². The molecule has 0 bridgehead atoms. The molecule has 0 atom stereocenters. The lowest BCUT2D eigenvalue weighted by Gasteiger charge is -2.01. The van der Waals surface area contributed by atoms with Crippen molar-refractivity contribution in [3.63, 3.8) is 0 Å². The van der Waals surface area contributed by atoms with Crippen LogP contribution in [0, 0.1) is 0 Å². The van der Waals surface area contributed by atoms with Gasteiger partial charge in [-0.15, -0.1) is 12.4 Å². The molecule has 0 spiro atoms. The minimum absolute atomic E-state index is 0. The van der Waals surface area contributed by atoms with Gasteiger partial charge in [0.05, 0.1) is 0 Å². The lowest BCUT2D eigenvalue weighted by molar-refractivity contribution is -0.304. The Morgan fingerprint density at radius 3 is 3.00 bits per heavy atom. The van der Waals surface area contributed by atoms with Crippen LogP contribution in [0.4, 0.5) is 0 Å². The van der Waals surface area contributed by atoms with E-state index in [1.807, 2.05) is 18.2 Å². The molecule has 5 heteroatoms. The average Bonchev–Trinajstić information content (AvgIpc) is 2.48. The van der Waals surface area contributed by atoms with Crippen LogP contribution in [0.15, 0.2) is 30.6 Å². The van der Waals surface area contributed by atoms with Gasteiger partial charge in [-0.05, 0) is 12.1 Å². The van der Waals surface area contributed by atoms with Gasteiger partial charge < -0.3 is 14.3 Å². The maximum atomic E-state index is 10.4. The molecule has 2 rings (SSSR count). The maximum Gasteiger partial charge on any atom is 0.136 e. The van der Waals surface area contributed by atoms with E-state index in [9.17, 15) is 9.90 Å². The smallest absolute Gasteiger partial charge is 0.136 e. The van der Waals surface area contributed by atoms with E-state index < -0.39 is 5.97 Å². The van der Waals surface area contributed by atoms with Crippen molar-refractivity contribution >= 4 is 24.0 Å². The number of carbonyl (C=O) groups excluding carboxylic acids is 1. The average molecular weight is 212 g/mol. The van der Waals surface area contributed by atoms with Gasteiger partial charge in [-0.3, -0.25) is 0 Å². The molecule has 0 unspecified atom stereocenters. The molecule has 0 saturated carbocycles. The number of aromatic nitrogens is 2. The third-order valence-electron chi connectivity index (χ3n) is 1.82. The molecule has 4 nitrogen and oxygen atoms in total. The summed E-state index contributed by atoms with van der Waals surface area (Å²) in [6, 6.07) is 5.50. The van der Waals surface area contributed by atoms with Crippen molar-refractivity contribution in [3.05, 3.63) is 36.3 Å². The number of hydrogen-bond acceptors (Lipinski definition) is 3. The summed E-state index contributed by atoms with van der Waals surface area (Å²) in [7, 11) is 0. The Morgan fingerprint density at radius 2 is 2.29 bits per heavy atom. The quantitative estimate of drug-likeness (QED) is 0.705. The van der Waals surface area contributed by atoms with E-state index in [2.05, 4.69) is 4.98 Å². The van der Waals surface area contributed by atoms with Crippen LogP contribution in [-0.4, -0.2) is 15.4 Å². The lowest BCUT2D eigenvalue weighted by Crippen LogP contribution is -2.24. The highest BCUT2D eigenvalue weighted by molar-refractivity contribution is 5.85. The van der Waals surface area contributed by atoms with Gasteiger partial charge in [-0.2, -0.15) is 0 Å². The predicted molar refractivity (Wildman–Crippen MR) is 51.2 cm³/mol. The highest BCUT2D eigenvalue weighted by atomic mass is 35.5. The van der Waals surface area contributed by atoms with Gasteiger partial charge in [0, 0.05) is 30.5 Å². The molecule has 0 saturated heterocycles. The summed E-state index contributed by atoms with van der Waals surface area (Å²) in [6.07, 6.45) is 3.22. The minimum Gasteiger partial charge on any atom is -0.550 e. The second-order valence-electron chi connectivity index (χ2n) is 2.73. The fourth-order valence-electron chi connectivity index (χ4n) is 1.26. The monoisotopic (exact) mass is 211 g/mol. The van der Waals surface area contributed by atoms with Crippen LogP contribution < -0.4 is 5.11 Å². The third kappa shape index (κ3) is 1.85. The van der Waals surface area contributed by atoms with Gasteiger partial charge in [-0.1, -0.05) is 6.07 Å². The Morgan fingerprint density at radius 1 is 1.50 bits per heavy atom. The normalized spacial score (nSPS) is 9.71. The van der Waals surface area contributed by atoms with E-state index in [1.54, 1.807) is 16.8 Å². The fraction of sp³-hybridized carbons (Fsp3) is 0.111. The van der Waals surface area contributed by atoms with E-state index in [4.69, 9.17) is 0 Å². The van der Waals surface area contributed by atoms with Gasteiger partial charge in [0.1, 0.15) is 5.65 Å². The van der Waals surface area contributed by atoms with Crippen molar-refractivity contribution in [2.75, 3.05) is 0 Å². The standard InChI is InChI=1S/C9H8N2O2.ClH/c12-9(13)5-7-6-10-8-3-1-2-4-11(7)8;/h1-4,6H,5H2,(H,12,13);1H/p-1. The number of hydrogen-bond donors (Lipinski definition) is 0. The molecule has 0 radical (unpaired) electrons. The van der Waals surface area contributed by atoms with Crippen molar-refractivity contribution in [3.8, 4) is 0 Å². The van der Waals surface area contributed by atoms with Crippen LogP contribution in [0.3, 0.4) is 0 Å². The summed E-state index contributed by atoms with van der Waals surface area (Å²) >= 11 is 0. The molecule has 74 valence electrons. The number of nitrogens with zero attached hydrogens (tertiary/aromatic N) is 2. The van der Waals surface area contributed by atoms with Gasteiger partial charge in [0.25, 0.3) is 0 Å². The molecule has 0 aliphatic rings. The van der Waals surface area contributed by atoms with Gasteiger partial charge in [0.2, 0.25) is 0 Å². The highest BCUT2D eigenvalue weighted by Crippen LogP contribution is 2.05. The first-order valence-corrected chi connectivity index (χ1v) is 3.88. The Kier molecular flexibility index (Phi) is 3.09. The zero-order valence-electron chi connectivity index (χ0n) is 7.21. The largest absolute Gasteiger partial charge is 0.550 e. The Hall–Kier alpha value is -1.55. The highest BCUT2D eigenvalue weighted by Gasteiger charge is 2.01. The summed E-state index contributed by atoms with van der Waals surface area (Å²) in [5.74, 6) is -1.09. The molecule has 14 heavy (non-hydrogen) atoms. The predicted octanol–water partition coefficient (Wildman–Crippen LogP) is 0.0485. The van der Waals surface area contributed by atoms with Crippen LogP contribution in [0.2, 0.25) is 0 Å². The zero-order valence-corrected chi connectivity index (χ0v) is 8.03. The molecule has 0 aromatic carbocycles. The molecule has 0 aliphatic heterocycles. The molecule has 2 aromatic heterocycles. The number of imidazole rings is 1. The first kappa shape index (κ1) is 10.5. The molecular formula is C9H8ClN2O2-. The Labute approximate surface area is 86.6 Å². The molecule has 2 aromatic rings. The topological polar surface area (TPSA) is 57.4 Å². The van der Waals surface area contributed by atoms with Crippen LogP contribution >= 0.6 is 12.4 Å². The number of pyridine rings is 1.